The summed E-state index contributed by atoms with van der Waals surface area (Å²) in [6, 6.07) is 0. The lowest BCUT2D eigenvalue weighted by Crippen LogP contribution is -2.53. The predicted molar refractivity (Wildman–Crippen MR) is 66.9 cm³/mol. The molecule has 1 N–H and O–H groups in total. The van der Waals surface area contributed by atoms with E-state index >= 15 is 0 Å². The number of ether oxygens (including phenoxy) is 3. The van der Waals surface area contributed by atoms with Crippen LogP contribution in [0.4, 0.5) is 26.3 Å². The first kappa shape index (κ1) is 21.1. The molecule has 0 bridgehead atoms. The van der Waals surface area contributed by atoms with E-state index in [0.717, 1.165) is 7.11 Å². The van der Waals surface area contributed by atoms with Gasteiger partial charge < -0.3 is 19.3 Å². The summed E-state index contributed by atoms with van der Waals surface area (Å²) in [5, 5.41) is 9.45. The standard InChI is InChI=1S/C7H11F3O3.C6H7F3O2/c1-12-6(11)2-3-13-4-5(6)7(8,9)10;7-6(8,9)4-3-11-2-1-5(4)10/h5,11H,2-4H2,1H3;4H,1-3H2. The van der Waals surface area contributed by atoms with Gasteiger partial charge in [0.2, 0.25) is 0 Å². The minimum absolute atomic E-state index is 0.0803. The number of carbonyl (C=O) groups excluding carboxylic acids is 1. The maximum Gasteiger partial charge on any atom is 0.400 e. The van der Waals surface area contributed by atoms with E-state index in [2.05, 4.69) is 14.2 Å². The Morgan fingerprint density at radius 3 is 2.04 bits per heavy atom. The molecule has 0 amide bonds. The molecule has 0 aliphatic carbocycles. The summed E-state index contributed by atoms with van der Waals surface area (Å²) in [5.74, 6) is -6.74. The van der Waals surface area contributed by atoms with E-state index in [1.807, 2.05) is 0 Å². The van der Waals surface area contributed by atoms with Gasteiger partial charge in [-0.05, 0) is 0 Å². The number of alkyl halides is 6. The molecule has 2 aliphatic rings. The highest BCUT2D eigenvalue weighted by Crippen LogP contribution is 2.39. The molecular formula is C13H18F6O5. The molecule has 2 rings (SSSR count). The highest BCUT2D eigenvalue weighted by atomic mass is 19.4. The van der Waals surface area contributed by atoms with Gasteiger partial charge in [0.15, 0.2) is 5.79 Å². The number of aliphatic hydroxyl groups is 1. The van der Waals surface area contributed by atoms with Gasteiger partial charge in [-0.15, -0.1) is 0 Å². The normalized spacial score (nSPS) is 32.1. The van der Waals surface area contributed by atoms with Crippen LogP contribution in [-0.2, 0) is 19.0 Å². The van der Waals surface area contributed by atoms with E-state index < -0.39 is 49.0 Å². The minimum atomic E-state index is -4.49. The average molecular weight is 368 g/mol. The largest absolute Gasteiger partial charge is 0.400 e. The van der Waals surface area contributed by atoms with Crippen molar-refractivity contribution in [1.29, 1.82) is 0 Å². The molecule has 24 heavy (non-hydrogen) atoms. The van der Waals surface area contributed by atoms with Crippen LogP contribution in [0.5, 0.6) is 0 Å². The number of hydrogen-bond donors (Lipinski definition) is 1. The van der Waals surface area contributed by atoms with Crippen LogP contribution in [0.1, 0.15) is 12.8 Å². The molecule has 3 unspecified atom stereocenters. The van der Waals surface area contributed by atoms with Gasteiger partial charge in [0.05, 0.1) is 26.4 Å². The molecule has 2 heterocycles. The SMILES string of the molecule is COC1(O)CCOCC1C(F)(F)F.O=C1CCOCC1C(F)(F)F. The van der Waals surface area contributed by atoms with Crippen LogP contribution in [-0.4, -0.2) is 62.6 Å². The molecule has 3 atom stereocenters. The minimum Gasteiger partial charge on any atom is -0.380 e. The zero-order valence-corrected chi connectivity index (χ0v) is 12.7. The van der Waals surface area contributed by atoms with Crippen LogP contribution in [0, 0.1) is 11.8 Å². The second kappa shape index (κ2) is 7.98. The second-order valence-electron chi connectivity index (χ2n) is 5.35. The van der Waals surface area contributed by atoms with Crippen LogP contribution in [0.3, 0.4) is 0 Å². The summed E-state index contributed by atoms with van der Waals surface area (Å²) in [6.07, 6.45) is -9.21. The molecule has 142 valence electrons. The number of hydrogen-bond acceptors (Lipinski definition) is 5. The van der Waals surface area contributed by atoms with Gasteiger partial charge in [0, 0.05) is 20.0 Å². The number of rotatable bonds is 1. The van der Waals surface area contributed by atoms with Crippen LogP contribution < -0.4 is 0 Å². The third-order valence-corrected chi connectivity index (χ3v) is 3.74. The van der Waals surface area contributed by atoms with Crippen LogP contribution in [0.15, 0.2) is 0 Å². The summed E-state index contributed by atoms with van der Waals surface area (Å²) in [4.78, 5) is 10.6. The van der Waals surface area contributed by atoms with Gasteiger partial charge in [-0.1, -0.05) is 0 Å². The Morgan fingerprint density at radius 2 is 1.67 bits per heavy atom. The molecule has 2 saturated heterocycles. The molecule has 0 aromatic heterocycles. The Labute approximate surface area is 133 Å². The lowest BCUT2D eigenvalue weighted by Gasteiger charge is -2.38. The first-order chi connectivity index (χ1) is 10.9. The highest BCUT2D eigenvalue weighted by Gasteiger charge is 2.55. The molecule has 0 radical (unpaired) electrons. The van der Waals surface area contributed by atoms with Crippen molar-refractivity contribution >= 4 is 5.78 Å². The van der Waals surface area contributed by atoms with Gasteiger partial charge in [-0.25, -0.2) is 0 Å². The Bertz CT molecular complexity index is 424. The van der Waals surface area contributed by atoms with Crippen molar-refractivity contribution in [3.05, 3.63) is 0 Å². The number of ketones is 1. The molecule has 0 spiro atoms. The van der Waals surface area contributed by atoms with Crippen LogP contribution in [0.25, 0.3) is 0 Å². The van der Waals surface area contributed by atoms with Crippen LogP contribution >= 0.6 is 0 Å². The van der Waals surface area contributed by atoms with Crippen molar-refractivity contribution in [2.75, 3.05) is 33.5 Å². The molecule has 2 aliphatic heterocycles. The molecule has 0 aromatic rings. The van der Waals surface area contributed by atoms with Crippen molar-refractivity contribution in [3.8, 4) is 0 Å². The molecule has 2 fully saturated rings. The topological polar surface area (TPSA) is 65.0 Å². The second-order valence-corrected chi connectivity index (χ2v) is 5.35. The van der Waals surface area contributed by atoms with Gasteiger partial charge in [-0.2, -0.15) is 26.3 Å². The van der Waals surface area contributed by atoms with Crippen molar-refractivity contribution in [1.82, 2.24) is 0 Å². The highest BCUT2D eigenvalue weighted by molar-refractivity contribution is 5.82. The average Bonchev–Trinajstić information content (AvgIpc) is 2.46. The Kier molecular flexibility index (Phi) is 7.03. The number of halogens is 6. The third-order valence-electron chi connectivity index (χ3n) is 3.74. The van der Waals surface area contributed by atoms with Crippen LogP contribution in [0.2, 0.25) is 0 Å². The summed E-state index contributed by atoms with van der Waals surface area (Å²) >= 11 is 0. The maximum absolute atomic E-state index is 12.3. The summed E-state index contributed by atoms with van der Waals surface area (Å²) in [7, 11) is 1.06. The Balaban J connectivity index is 0.000000243. The fourth-order valence-corrected chi connectivity index (χ4v) is 2.24. The molecule has 5 nitrogen and oxygen atoms in total. The first-order valence-electron chi connectivity index (χ1n) is 7.01. The zero-order chi connectivity index (χ0) is 18.6. The molecule has 11 heteroatoms. The van der Waals surface area contributed by atoms with Gasteiger partial charge in [0.1, 0.15) is 17.6 Å². The Hall–Kier alpha value is -0.910. The fourth-order valence-electron chi connectivity index (χ4n) is 2.24. The van der Waals surface area contributed by atoms with Crippen molar-refractivity contribution < 1.29 is 50.5 Å². The van der Waals surface area contributed by atoms with E-state index in [4.69, 9.17) is 0 Å². The van der Waals surface area contributed by atoms with Gasteiger partial charge in [-0.3, -0.25) is 4.79 Å². The lowest BCUT2D eigenvalue weighted by atomic mass is 9.94. The smallest absolute Gasteiger partial charge is 0.380 e. The molecule has 0 aromatic carbocycles. The van der Waals surface area contributed by atoms with Crippen molar-refractivity contribution in [2.45, 2.75) is 31.0 Å². The lowest BCUT2D eigenvalue weighted by molar-refractivity contribution is -0.332. The number of carbonyl (C=O) groups is 1. The quantitative estimate of drug-likeness (QED) is 0.567. The predicted octanol–water partition coefficient (Wildman–Crippen LogP) is 2.07. The monoisotopic (exact) mass is 368 g/mol. The fraction of sp³-hybridized carbons (Fsp3) is 0.923. The van der Waals surface area contributed by atoms with Crippen molar-refractivity contribution in [3.63, 3.8) is 0 Å². The summed E-state index contributed by atoms with van der Waals surface area (Å²) < 4.78 is 86.2. The summed E-state index contributed by atoms with van der Waals surface area (Å²) in [5.41, 5.74) is 0. The van der Waals surface area contributed by atoms with E-state index in [9.17, 15) is 36.2 Å². The van der Waals surface area contributed by atoms with Gasteiger partial charge >= 0.3 is 12.4 Å². The van der Waals surface area contributed by atoms with E-state index in [1.165, 1.54) is 0 Å². The van der Waals surface area contributed by atoms with E-state index in [1.54, 1.807) is 0 Å². The third kappa shape index (κ3) is 5.57. The van der Waals surface area contributed by atoms with Gasteiger partial charge in [0.25, 0.3) is 0 Å². The first-order valence-corrected chi connectivity index (χ1v) is 7.01. The summed E-state index contributed by atoms with van der Waals surface area (Å²) in [6.45, 7) is -0.863. The molecule has 0 saturated carbocycles. The Morgan fingerprint density at radius 1 is 1.08 bits per heavy atom. The van der Waals surface area contributed by atoms with Crippen molar-refractivity contribution in [2.24, 2.45) is 11.8 Å². The zero-order valence-electron chi connectivity index (χ0n) is 12.7. The van der Waals surface area contributed by atoms with E-state index in [-0.39, 0.29) is 26.1 Å². The van der Waals surface area contributed by atoms with E-state index in [0.29, 0.717) is 0 Å². The number of Topliss-reactive ketones (excluding diaryl/α,β-unsaturated/α-hetero) is 1. The number of methoxy groups -OCH3 is 1. The maximum atomic E-state index is 12.3. The molecular weight excluding hydrogens is 350 g/mol.